The summed E-state index contributed by atoms with van der Waals surface area (Å²) in [5.74, 6) is 0. The van der Waals surface area contributed by atoms with Crippen molar-refractivity contribution in [2.45, 2.75) is 39.5 Å². The summed E-state index contributed by atoms with van der Waals surface area (Å²) in [4.78, 5) is 2.48. The monoisotopic (exact) mass is 195 g/mol. The summed E-state index contributed by atoms with van der Waals surface area (Å²) in [6.07, 6.45) is 11.3. The number of hydrogen-bond donors (Lipinski definition) is 0. The predicted molar refractivity (Wildman–Crippen MR) is 65.6 cm³/mol. The van der Waals surface area contributed by atoms with Crippen molar-refractivity contribution in [3.8, 4) is 0 Å². The van der Waals surface area contributed by atoms with E-state index in [1.165, 1.54) is 19.4 Å². The van der Waals surface area contributed by atoms with Crippen molar-refractivity contribution in [1.29, 1.82) is 0 Å². The van der Waals surface area contributed by atoms with Gasteiger partial charge in [-0.1, -0.05) is 38.5 Å². The SMILES string of the molecule is C=CCC/C=C/CN(CC)CCCC. The van der Waals surface area contributed by atoms with Crippen LogP contribution in [0.5, 0.6) is 0 Å². The van der Waals surface area contributed by atoms with E-state index in [0.29, 0.717) is 0 Å². The molecule has 0 aromatic rings. The Morgan fingerprint density at radius 3 is 2.50 bits per heavy atom. The summed E-state index contributed by atoms with van der Waals surface area (Å²) in [6.45, 7) is 11.7. The van der Waals surface area contributed by atoms with Crippen LogP contribution in [0.1, 0.15) is 39.5 Å². The largest absolute Gasteiger partial charge is 0.300 e. The minimum atomic E-state index is 1.09. The first kappa shape index (κ1) is 13.4. The Bertz CT molecular complexity index is 149. The van der Waals surface area contributed by atoms with E-state index in [1.807, 2.05) is 6.08 Å². The lowest BCUT2D eigenvalue weighted by molar-refractivity contribution is 0.313. The average Bonchev–Trinajstić information content (AvgIpc) is 2.22. The second kappa shape index (κ2) is 10.5. The van der Waals surface area contributed by atoms with Crippen LogP contribution in [0, 0.1) is 0 Å². The highest BCUT2D eigenvalue weighted by molar-refractivity contribution is 4.86. The quantitative estimate of drug-likeness (QED) is 0.401. The third-order valence-electron chi connectivity index (χ3n) is 2.34. The molecule has 0 N–H and O–H groups in total. The van der Waals surface area contributed by atoms with Crippen LogP contribution in [0.3, 0.4) is 0 Å². The van der Waals surface area contributed by atoms with Gasteiger partial charge in [0.05, 0.1) is 0 Å². The zero-order valence-electron chi connectivity index (χ0n) is 9.84. The second-order valence-corrected chi connectivity index (χ2v) is 3.58. The first-order valence-electron chi connectivity index (χ1n) is 5.83. The molecule has 0 atom stereocenters. The molecule has 0 unspecified atom stereocenters. The van der Waals surface area contributed by atoms with Gasteiger partial charge in [0.15, 0.2) is 0 Å². The normalized spacial score (nSPS) is 11.4. The van der Waals surface area contributed by atoms with Crippen molar-refractivity contribution < 1.29 is 0 Å². The molecule has 0 fully saturated rings. The zero-order chi connectivity index (χ0) is 10.6. The van der Waals surface area contributed by atoms with Crippen LogP contribution in [0.25, 0.3) is 0 Å². The number of likely N-dealkylation sites (N-methyl/N-ethyl adjacent to an activating group) is 1. The van der Waals surface area contributed by atoms with E-state index < -0.39 is 0 Å². The first-order chi connectivity index (χ1) is 6.85. The highest BCUT2D eigenvalue weighted by Gasteiger charge is 1.96. The Kier molecular flexibility index (Phi) is 10.1. The summed E-state index contributed by atoms with van der Waals surface area (Å²) in [5, 5.41) is 0. The lowest BCUT2D eigenvalue weighted by Crippen LogP contribution is -2.24. The Morgan fingerprint density at radius 1 is 1.14 bits per heavy atom. The summed E-state index contributed by atoms with van der Waals surface area (Å²) in [6, 6.07) is 0. The molecule has 0 aromatic heterocycles. The van der Waals surface area contributed by atoms with Crippen LogP contribution in [-0.2, 0) is 0 Å². The topological polar surface area (TPSA) is 3.24 Å². The molecule has 0 aliphatic carbocycles. The van der Waals surface area contributed by atoms with E-state index in [0.717, 1.165) is 25.9 Å². The molecule has 0 spiro atoms. The van der Waals surface area contributed by atoms with Crippen molar-refractivity contribution in [1.82, 2.24) is 4.90 Å². The minimum absolute atomic E-state index is 1.09. The molecule has 0 amide bonds. The fourth-order valence-electron chi connectivity index (χ4n) is 1.32. The van der Waals surface area contributed by atoms with Gasteiger partial charge in [-0.3, -0.25) is 4.90 Å². The third-order valence-corrected chi connectivity index (χ3v) is 2.34. The number of nitrogens with zero attached hydrogens (tertiary/aromatic N) is 1. The van der Waals surface area contributed by atoms with E-state index in [4.69, 9.17) is 0 Å². The van der Waals surface area contributed by atoms with Gasteiger partial charge in [-0.05, 0) is 32.4 Å². The number of rotatable bonds is 9. The molecular weight excluding hydrogens is 170 g/mol. The van der Waals surface area contributed by atoms with E-state index in [-0.39, 0.29) is 0 Å². The van der Waals surface area contributed by atoms with Crippen LogP contribution in [0.2, 0.25) is 0 Å². The molecule has 0 heterocycles. The van der Waals surface area contributed by atoms with Gasteiger partial charge in [0, 0.05) is 6.54 Å². The maximum absolute atomic E-state index is 3.71. The lowest BCUT2D eigenvalue weighted by atomic mass is 10.2. The molecule has 82 valence electrons. The van der Waals surface area contributed by atoms with E-state index >= 15 is 0 Å². The molecule has 0 bridgehead atoms. The Hall–Kier alpha value is -0.560. The number of allylic oxidation sites excluding steroid dienone is 2. The molecule has 14 heavy (non-hydrogen) atoms. The van der Waals surface area contributed by atoms with E-state index in [2.05, 4.69) is 37.5 Å². The number of unbranched alkanes of at least 4 members (excludes halogenated alkanes) is 2. The molecular formula is C13H25N. The van der Waals surface area contributed by atoms with Gasteiger partial charge in [-0.25, -0.2) is 0 Å². The standard InChI is InChI=1S/C13H25N/c1-4-7-9-10-11-13-14(6-3)12-8-5-2/h4,10-11H,1,5-9,12-13H2,2-3H3/b11-10+. The highest BCUT2D eigenvalue weighted by atomic mass is 15.1. The van der Waals surface area contributed by atoms with E-state index in [1.54, 1.807) is 0 Å². The fourth-order valence-corrected chi connectivity index (χ4v) is 1.32. The van der Waals surface area contributed by atoms with Gasteiger partial charge in [-0.2, -0.15) is 0 Å². The summed E-state index contributed by atoms with van der Waals surface area (Å²) in [5.41, 5.74) is 0. The fraction of sp³-hybridized carbons (Fsp3) is 0.692. The zero-order valence-corrected chi connectivity index (χ0v) is 9.84. The molecule has 0 radical (unpaired) electrons. The Labute approximate surface area is 89.5 Å². The van der Waals surface area contributed by atoms with Crippen molar-refractivity contribution in [3.63, 3.8) is 0 Å². The van der Waals surface area contributed by atoms with Gasteiger partial charge in [0.2, 0.25) is 0 Å². The second-order valence-electron chi connectivity index (χ2n) is 3.58. The molecule has 0 rings (SSSR count). The molecule has 1 nitrogen and oxygen atoms in total. The molecule has 0 aliphatic heterocycles. The van der Waals surface area contributed by atoms with Crippen LogP contribution in [0.4, 0.5) is 0 Å². The summed E-state index contributed by atoms with van der Waals surface area (Å²) in [7, 11) is 0. The Morgan fingerprint density at radius 2 is 1.93 bits per heavy atom. The van der Waals surface area contributed by atoms with Gasteiger partial charge in [0.25, 0.3) is 0 Å². The summed E-state index contributed by atoms with van der Waals surface area (Å²) < 4.78 is 0. The molecule has 0 saturated carbocycles. The van der Waals surface area contributed by atoms with Crippen LogP contribution >= 0.6 is 0 Å². The highest BCUT2D eigenvalue weighted by Crippen LogP contribution is 1.96. The van der Waals surface area contributed by atoms with E-state index in [9.17, 15) is 0 Å². The summed E-state index contributed by atoms with van der Waals surface area (Å²) >= 11 is 0. The molecule has 0 saturated heterocycles. The van der Waals surface area contributed by atoms with Gasteiger partial charge in [-0.15, -0.1) is 6.58 Å². The van der Waals surface area contributed by atoms with Gasteiger partial charge in [0.1, 0.15) is 0 Å². The predicted octanol–water partition coefficient (Wildman–Crippen LogP) is 3.63. The minimum Gasteiger partial charge on any atom is -0.300 e. The van der Waals surface area contributed by atoms with Crippen molar-refractivity contribution >= 4 is 0 Å². The lowest BCUT2D eigenvalue weighted by Gasteiger charge is -2.17. The van der Waals surface area contributed by atoms with Crippen molar-refractivity contribution in [2.75, 3.05) is 19.6 Å². The molecule has 1 heteroatoms. The van der Waals surface area contributed by atoms with Crippen LogP contribution < -0.4 is 0 Å². The van der Waals surface area contributed by atoms with Gasteiger partial charge < -0.3 is 0 Å². The van der Waals surface area contributed by atoms with Gasteiger partial charge >= 0.3 is 0 Å². The van der Waals surface area contributed by atoms with Crippen LogP contribution in [0.15, 0.2) is 24.8 Å². The molecule has 0 aliphatic rings. The maximum atomic E-state index is 3.71. The number of hydrogen-bond acceptors (Lipinski definition) is 1. The van der Waals surface area contributed by atoms with Crippen molar-refractivity contribution in [3.05, 3.63) is 24.8 Å². The molecule has 0 aromatic carbocycles. The average molecular weight is 195 g/mol. The van der Waals surface area contributed by atoms with Crippen LogP contribution in [-0.4, -0.2) is 24.5 Å². The Balaban J connectivity index is 3.49. The van der Waals surface area contributed by atoms with Crippen molar-refractivity contribution in [2.24, 2.45) is 0 Å². The third kappa shape index (κ3) is 8.06. The maximum Gasteiger partial charge on any atom is 0.0163 e. The first-order valence-corrected chi connectivity index (χ1v) is 5.83. The smallest absolute Gasteiger partial charge is 0.0163 e.